The van der Waals surface area contributed by atoms with Gasteiger partial charge in [0.15, 0.2) is 0 Å². The summed E-state index contributed by atoms with van der Waals surface area (Å²) in [6, 6.07) is -0.490. The number of rotatable bonds is 7. The van der Waals surface area contributed by atoms with Crippen LogP contribution in [0.4, 0.5) is 4.79 Å². The summed E-state index contributed by atoms with van der Waals surface area (Å²) in [7, 11) is 1.55. The van der Waals surface area contributed by atoms with E-state index in [0.29, 0.717) is 25.4 Å². The minimum atomic E-state index is -1.02. The van der Waals surface area contributed by atoms with Crippen molar-refractivity contribution in [3.05, 3.63) is 0 Å². The van der Waals surface area contributed by atoms with Gasteiger partial charge in [0.1, 0.15) is 5.54 Å². The van der Waals surface area contributed by atoms with E-state index in [1.807, 2.05) is 4.90 Å². The number of urea groups is 1. The number of carbonyl (C=O) groups excluding carboxylic acids is 4. The summed E-state index contributed by atoms with van der Waals surface area (Å²) < 4.78 is 0. The van der Waals surface area contributed by atoms with Crippen molar-refractivity contribution < 1.29 is 24.4 Å². The van der Waals surface area contributed by atoms with Gasteiger partial charge >= 0.3 is 6.03 Å². The third-order valence-electron chi connectivity index (χ3n) is 7.48. The predicted octanol–water partition coefficient (Wildman–Crippen LogP) is 1.99. The standard InChI is InChI=1S/C22H36N4O5/c1-22(2)20(29)26(21(30)24(22)3)14-17(18(27)23-31)16(13-15-9-5-6-10-15)19(28)25-11-7-4-8-12-25/h15-17,31H,4-14H2,1-3H3,(H,23,27)/t16-,17?/m1/s1. The summed E-state index contributed by atoms with van der Waals surface area (Å²) in [6.45, 7) is 4.41. The number of hydrogen-bond acceptors (Lipinski definition) is 5. The van der Waals surface area contributed by atoms with E-state index in [4.69, 9.17) is 0 Å². The Labute approximate surface area is 184 Å². The smallest absolute Gasteiger partial charge is 0.327 e. The first kappa shape index (κ1) is 23.5. The van der Waals surface area contributed by atoms with Gasteiger partial charge in [0, 0.05) is 26.7 Å². The molecular weight excluding hydrogens is 400 g/mol. The van der Waals surface area contributed by atoms with E-state index in [2.05, 4.69) is 0 Å². The van der Waals surface area contributed by atoms with Crippen LogP contribution < -0.4 is 5.48 Å². The monoisotopic (exact) mass is 436 g/mol. The molecule has 0 aromatic carbocycles. The number of nitrogens with zero attached hydrogens (tertiary/aromatic N) is 3. The molecular formula is C22H36N4O5. The average molecular weight is 437 g/mol. The fraction of sp³-hybridized carbons (Fsp3) is 0.818. The maximum Gasteiger partial charge on any atom is 0.327 e. The summed E-state index contributed by atoms with van der Waals surface area (Å²) in [5, 5.41) is 9.44. The number of hydroxylamine groups is 1. The minimum absolute atomic E-state index is 0.105. The summed E-state index contributed by atoms with van der Waals surface area (Å²) in [5.74, 6) is -2.57. The normalized spacial score (nSPS) is 23.9. The third-order valence-corrected chi connectivity index (χ3v) is 7.48. The first-order valence-electron chi connectivity index (χ1n) is 11.5. The summed E-state index contributed by atoms with van der Waals surface area (Å²) in [6.07, 6.45) is 7.70. The van der Waals surface area contributed by atoms with E-state index < -0.39 is 35.2 Å². The van der Waals surface area contributed by atoms with Gasteiger partial charge in [-0.1, -0.05) is 25.7 Å². The number of amides is 5. The minimum Gasteiger partial charge on any atom is -0.342 e. The molecule has 3 rings (SSSR count). The zero-order valence-corrected chi connectivity index (χ0v) is 18.9. The van der Waals surface area contributed by atoms with Gasteiger partial charge in [0.25, 0.3) is 5.91 Å². The van der Waals surface area contributed by atoms with Crippen molar-refractivity contribution in [1.29, 1.82) is 0 Å². The van der Waals surface area contributed by atoms with Crippen molar-refractivity contribution in [1.82, 2.24) is 20.2 Å². The molecule has 3 aliphatic rings. The van der Waals surface area contributed by atoms with Crippen molar-refractivity contribution in [3.63, 3.8) is 0 Å². The van der Waals surface area contributed by atoms with Gasteiger partial charge in [-0.05, 0) is 45.4 Å². The summed E-state index contributed by atoms with van der Waals surface area (Å²) in [5.41, 5.74) is 0.673. The molecule has 0 aromatic rings. The highest BCUT2D eigenvalue weighted by molar-refractivity contribution is 6.06. The Morgan fingerprint density at radius 2 is 1.68 bits per heavy atom. The first-order valence-corrected chi connectivity index (χ1v) is 11.5. The lowest BCUT2D eigenvalue weighted by molar-refractivity contribution is -0.148. The van der Waals surface area contributed by atoms with Crippen LogP contribution in [0.3, 0.4) is 0 Å². The number of likely N-dealkylation sites (tertiary alicyclic amines) is 1. The Balaban J connectivity index is 1.88. The summed E-state index contributed by atoms with van der Waals surface area (Å²) in [4.78, 5) is 56.2. The molecule has 9 nitrogen and oxygen atoms in total. The SMILES string of the molecule is CN1C(=O)N(CC(C(=O)NO)[C@@H](CC2CCCC2)C(=O)N2CCCCC2)C(=O)C1(C)C. The van der Waals surface area contributed by atoms with Crippen LogP contribution in [0, 0.1) is 17.8 Å². The van der Waals surface area contributed by atoms with Crippen LogP contribution in [-0.4, -0.2) is 75.9 Å². The fourth-order valence-corrected chi connectivity index (χ4v) is 5.21. The van der Waals surface area contributed by atoms with Gasteiger partial charge in [-0.25, -0.2) is 10.3 Å². The highest BCUT2D eigenvalue weighted by Crippen LogP contribution is 2.36. The van der Waals surface area contributed by atoms with E-state index >= 15 is 0 Å². The van der Waals surface area contributed by atoms with Crippen molar-refractivity contribution in [2.45, 2.75) is 70.8 Å². The topological polar surface area (TPSA) is 110 Å². The van der Waals surface area contributed by atoms with E-state index in [0.717, 1.165) is 49.8 Å². The number of piperidine rings is 1. The van der Waals surface area contributed by atoms with E-state index in [1.54, 1.807) is 26.4 Å². The lowest BCUT2D eigenvalue weighted by Gasteiger charge is -2.35. The molecule has 2 atom stereocenters. The molecule has 1 aliphatic carbocycles. The van der Waals surface area contributed by atoms with Crippen molar-refractivity contribution in [2.75, 3.05) is 26.7 Å². The molecule has 174 valence electrons. The third kappa shape index (κ3) is 4.71. The fourth-order valence-electron chi connectivity index (χ4n) is 5.21. The number of carbonyl (C=O) groups is 4. The Hall–Kier alpha value is -2.16. The molecule has 2 aliphatic heterocycles. The highest BCUT2D eigenvalue weighted by Gasteiger charge is 2.51. The molecule has 31 heavy (non-hydrogen) atoms. The lowest BCUT2D eigenvalue weighted by Crippen LogP contribution is -2.50. The first-order chi connectivity index (χ1) is 14.7. The quantitative estimate of drug-likeness (QED) is 0.360. The Kier molecular flexibility index (Phi) is 7.24. The molecule has 2 N–H and O–H groups in total. The number of likely N-dealkylation sites (N-methyl/N-ethyl adjacent to an activating group) is 1. The molecule has 0 aromatic heterocycles. The zero-order chi connectivity index (χ0) is 22.8. The molecule has 9 heteroatoms. The van der Waals surface area contributed by atoms with Gasteiger partial charge in [0.05, 0.1) is 11.8 Å². The van der Waals surface area contributed by atoms with Crippen LogP contribution in [0.1, 0.15) is 65.2 Å². The largest absolute Gasteiger partial charge is 0.342 e. The van der Waals surface area contributed by atoms with E-state index in [9.17, 15) is 24.4 Å². The maximum atomic E-state index is 13.5. The van der Waals surface area contributed by atoms with Gasteiger partial charge in [-0.3, -0.25) is 24.5 Å². The molecule has 5 amide bonds. The number of nitrogens with one attached hydrogen (secondary N) is 1. The van der Waals surface area contributed by atoms with Crippen LogP contribution in [0.15, 0.2) is 0 Å². The molecule has 1 unspecified atom stereocenters. The molecule has 0 bridgehead atoms. The predicted molar refractivity (Wildman–Crippen MR) is 113 cm³/mol. The second-order valence-electron chi connectivity index (χ2n) is 9.78. The molecule has 3 fully saturated rings. The molecule has 2 saturated heterocycles. The van der Waals surface area contributed by atoms with Gasteiger partial charge in [0.2, 0.25) is 11.8 Å². The van der Waals surface area contributed by atoms with E-state index in [1.165, 1.54) is 4.90 Å². The molecule has 2 heterocycles. The second kappa shape index (κ2) is 9.54. The van der Waals surface area contributed by atoms with Crippen molar-refractivity contribution in [2.24, 2.45) is 17.8 Å². The highest BCUT2D eigenvalue weighted by atomic mass is 16.5. The second-order valence-corrected chi connectivity index (χ2v) is 9.78. The molecule has 0 radical (unpaired) electrons. The van der Waals surface area contributed by atoms with Gasteiger partial charge in [-0.2, -0.15) is 0 Å². The molecule has 0 spiro atoms. The number of imide groups is 1. The Morgan fingerprint density at radius 1 is 1.06 bits per heavy atom. The average Bonchev–Trinajstić information content (AvgIpc) is 3.34. The molecule has 1 saturated carbocycles. The van der Waals surface area contributed by atoms with Crippen LogP contribution in [0.25, 0.3) is 0 Å². The van der Waals surface area contributed by atoms with Crippen LogP contribution in [0.2, 0.25) is 0 Å². The Morgan fingerprint density at radius 3 is 2.19 bits per heavy atom. The zero-order valence-electron chi connectivity index (χ0n) is 18.9. The Bertz CT molecular complexity index is 713. The van der Waals surface area contributed by atoms with Crippen LogP contribution in [0.5, 0.6) is 0 Å². The van der Waals surface area contributed by atoms with Gasteiger partial charge in [-0.15, -0.1) is 0 Å². The maximum absolute atomic E-state index is 13.5. The lowest BCUT2D eigenvalue weighted by atomic mass is 9.81. The number of hydrogen-bond donors (Lipinski definition) is 2. The van der Waals surface area contributed by atoms with Crippen LogP contribution in [-0.2, 0) is 14.4 Å². The van der Waals surface area contributed by atoms with Crippen molar-refractivity contribution in [3.8, 4) is 0 Å². The van der Waals surface area contributed by atoms with Crippen LogP contribution >= 0.6 is 0 Å². The van der Waals surface area contributed by atoms with Crippen molar-refractivity contribution >= 4 is 23.8 Å². The van der Waals surface area contributed by atoms with Gasteiger partial charge < -0.3 is 9.80 Å². The van der Waals surface area contributed by atoms with E-state index in [-0.39, 0.29) is 12.5 Å². The summed E-state index contributed by atoms with van der Waals surface area (Å²) >= 11 is 0.